The summed E-state index contributed by atoms with van der Waals surface area (Å²) in [5, 5.41) is 12.6. The monoisotopic (exact) mass is 227 g/mol. The molecule has 1 aromatic rings. The number of rotatable bonds is 4. The summed E-state index contributed by atoms with van der Waals surface area (Å²) in [7, 11) is 1.26. The molecule has 8 nitrogen and oxygen atoms in total. The van der Waals surface area contributed by atoms with Crippen molar-refractivity contribution in [1.82, 2.24) is 25.5 Å². The summed E-state index contributed by atoms with van der Waals surface area (Å²) in [6.07, 6.45) is 0. The number of methoxy groups -OCH3 is 1. The minimum atomic E-state index is -0.495. The highest BCUT2D eigenvalue weighted by Crippen LogP contribution is 2.03. The number of ether oxygens (including phenoxy) is 1. The summed E-state index contributed by atoms with van der Waals surface area (Å²) >= 11 is 0. The molecular formula is C8H13N5O3. The number of nitrogens with one attached hydrogen (secondary N) is 1. The van der Waals surface area contributed by atoms with Gasteiger partial charge in [-0.1, -0.05) is 0 Å². The Balaban J connectivity index is 2.78. The highest BCUT2D eigenvalue weighted by molar-refractivity contribution is 5.92. The van der Waals surface area contributed by atoms with Crippen molar-refractivity contribution < 1.29 is 14.3 Å². The molecule has 0 unspecified atom stereocenters. The molecule has 1 aromatic heterocycles. The predicted octanol–water partition coefficient (Wildman–Crippen LogP) is -0.777. The van der Waals surface area contributed by atoms with Crippen LogP contribution in [0.4, 0.5) is 0 Å². The molecule has 0 aliphatic carbocycles. The number of amides is 1. The van der Waals surface area contributed by atoms with Crippen LogP contribution in [0.25, 0.3) is 0 Å². The van der Waals surface area contributed by atoms with Gasteiger partial charge in [-0.25, -0.2) is 0 Å². The molecule has 1 rings (SSSR count). The van der Waals surface area contributed by atoms with E-state index in [0.29, 0.717) is 0 Å². The van der Waals surface area contributed by atoms with Crippen molar-refractivity contribution in [3.63, 3.8) is 0 Å². The minimum absolute atomic E-state index is 0.0717. The predicted molar refractivity (Wildman–Crippen MR) is 52.4 cm³/mol. The average Bonchev–Trinajstić information content (AvgIpc) is 2.77. The molecule has 0 atom stereocenters. The van der Waals surface area contributed by atoms with Gasteiger partial charge in [-0.05, 0) is 19.1 Å². The third-order valence-electron chi connectivity index (χ3n) is 1.95. The maximum Gasteiger partial charge on any atom is 0.325 e. The molecule has 0 aliphatic rings. The highest BCUT2D eigenvalue weighted by atomic mass is 16.5. The van der Waals surface area contributed by atoms with Crippen molar-refractivity contribution in [1.29, 1.82) is 0 Å². The first-order chi connectivity index (χ1) is 7.56. The Labute approximate surface area is 92.0 Å². The number of H-pyrrole nitrogens is 1. The Hall–Kier alpha value is -1.99. The lowest BCUT2D eigenvalue weighted by Gasteiger charge is -2.23. The lowest BCUT2D eigenvalue weighted by atomic mass is 10.3. The zero-order chi connectivity index (χ0) is 12.1. The number of esters is 1. The van der Waals surface area contributed by atoms with E-state index >= 15 is 0 Å². The summed E-state index contributed by atoms with van der Waals surface area (Å²) in [4.78, 5) is 24.3. The quantitative estimate of drug-likeness (QED) is 0.677. The third kappa shape index (κ3) is 2.75. The Morgan fingerprint density at radius 1 is 1.50 bits per heavy atom. The maximum atomic E-state index is 11.8. The molecular weight excluding hydrogens is 214 g/mol. The van der Waals surface area contributed by atoms with E-state index in [1.807, 2.05) is 0 Å². The Kier molecular flexibility index (Phi) is 3.92. The normalized spacial score (nSPS) is 10.2. The van der Waals surface area contributed by atoms with E-state index in [9.17, 15) is 9.59 Å². The molecule has 1 amide bonds. The molecule has 1 heterocycles. The zero-order valence-corrected chi connectivity index (χ0v) is 9.30. The first-order valence-electron chi connectivity index (χ1n) is 4.67. The van der Waals surface area contributed by atoms with E-state index in [1.54, 1.807) is 13.8 Å². The number of hydrogen-bond acceptors (Lipinski definition) is 6. The van der Waals surface area contributed by atoms with Gasteiger partial charge in [-0.2, -0.15) is 5.21 Å². The smallest absolute Gasteiger partial charge is 0.325 e. The van der Waals surface area contributed by atoms with E-state index in [-0.39, 0.29) is 18.4 Å². The number of aromatic amines is 1. The van der Waals surface area contributed by atoms with Gasteiger partial charge in [0.2, 0.25) is 0 Å². The van der Waals surface area contributed by atoms with Crippen LogP contribution in [0.15, 0.2) is 0 Å². The fraction of sp³-hybridized carbons (Fsp3) is 0.625. The largest absolute Gasteiger partial charge is 0.468 e. The first kappa shape index (κ1) is 12.1. The lowest BCUT2D eigenvalue weighted by Crippen LogP contribution is -2.41. The van der Waals surface area contributed by atoms with Crippen LogP contribution in [-0.4, -0.2) is 57.1 Å². The molecule has 16 heavy (non-hydrogen) atoms. The van der Waals surface area contributed by atoms with Gasteiger partial charge in [0.25, 0.3) is 11.7 Å². The summed E-state index contributed by atoms with van der Waals surface area (Å²) < 4.78 is 4.50. The van der Waals surface area contributed by atoms with Crippen LogP contribution >= 0.6 is 0 Å². The molecule has 0 spiro atoms. The van der Waals surface area contributed by atoms with Crippen LogP contribution < -0.4 is 0 Å². The maximum absolute atomic E-state index is 11.8. The van der Waals surface area contributed by atoms with Crippen molar-refractivity contribution in [3.8, 4) is 0 Å². The zero-order valence-electron chi connectivity index (χ0n) is 9.30. The molecule has 1 N–H and O–H groups in total. The van der Waals surface area contributed by atoms with Gasteiger partial charge in [0, 0.05) is 6.04 Å². The van der Waals surface area contributed by atoms with E-state index in [0.717, 1.165) is 0 Å². The highest BCUT2D eigenvalue weighted by Gasteiger charge is 2.24. The van der Waals surface area contributed by atoms with Gasteiger partial charge in [0.05, 0.1) is 7.11 Å². The van der Waals surface area contributed by atoms with Crippen LogP contribution in [0.2, 0.25) is 0 Å². The van der Waals surface area contributed by atoms with Crippen LogP contribution in [0.3, 0.4) is 0 Å². The number of carbonyl (C=O) groups excluding carboxylic acids is 2. The Bertz CT molecular complexity index is 362. The van der Waals surface area contributed by atoms with Crippen molar-refractivity contribution in [2.45, 2.75) is 19.9 Å². The van der Waals surface area contributed by atoms with Gasteiger partial charge in [-0.15, -0.1) is 10.2 Å². The SMILES string of the molecule is COC(=O)CN(C(=O)c1nn[nH]n1)C(C)C. The second kappa shape index (κ2) is 5.19. The Morgan fingerprint density at radius 2 is 2.19 bits per heavy atom. The molecule has 88 valence electrons. The van der Waals surface area contributed by atoms with Crippen LogP contribution in [-0.2, 0) is 9.53 Å². The minimum Gasteiger partial charge on any atom is -0.468 e. The fourth-order valence-corrected chi connectivity index (χ4v) is 1.07. The number of carbonyl (C=O) groups is 2. The Morgan fingerprint density at radius 3 is 2.62 bits per heavy atom. The van der Waals surface area contributed by atoms with E-state index in [1.165, 1.54) is 12.0 Å². The summed E-state index contributed by atoms with van der Waals surface area (Å²) in [5.74, 6) is -1.03. The van der Waals surface area contributed by atoms with Gasteiger partial charge >= 0.3 is 5.97 Å². The van der Waals surface area contributed by atoms with E-state index < -0.39 is 11.9 Å². The fourth-order valence-electron chi connectivity index (χ4n) is 1.07. The summed E-state index contributed by atoms with van der Waals surface area (Å²) in [5.41, 5.74) is 0. The molecule has 0 saturated heterocycles. The standard InChI is InChI=1S/C8H13N5O3/c1-5(2)13(4-6(14)16-3)8(15)7-9-11-12-10-7/h5H,4H2,1-3H3,(H,9,10,11,12). The number of hydrogen-bond donors (Lipinski definition) is 1. The van der Waals surface area contributed by atoms with Gasteiger partial charge in [0.1, 0.15) is 6.54 Å². The lowest BCUT2D eigenvalue weighted by molar-refractivity contribution is -0.141. The second-order valence-corrected chi connectivity index (χ2v) is 3.34. The summed E-state index contributed by atoms with van der Waals surface area (Å²) in [6.45, 7) is 3.42. The first-order valence-corrected chi connectivity index (χ1v) is 4.67. The van der Waals surface area contributed by atoms with Crippen molar-refractivity contribution in [2.24, 2.45) is 0 Å². The summed E-state index contributed by atoms with van der Waals surface area (Å²) in [6, 6.07) is -0.162. The van der Waals surface area contributed by atoms with Gasteiger partial charge < -0.3 is 9.64 Å². The van der Waals surface area contributed by atoms with Gasteiger partial charge in [0.15, 0.2) is 0 Å². The average molecular weight is 227 g/mol. The molecule has 8 heteroatoms. The van der Waals surface area contributed by atoms with Crippen molar-refractivity contribution >= 4 is 11.9 Å². The molecule has 0 aliphatic heterocycles. The van der Waals surface area contributed by atoms with Crippen molar-refractivity contribution in [2.75, 3.05) is 13.7 Å². The number of aromatic nitrogens is 4. The number of tetrazole rings is 1. The number of nitrogens with zero attached hydrogens (tertiary/aromatic N) is 4. The molecule has 0 aromatic carbocycles. The van der Waals surface area contributed by atoms with E-state index in [2.05, 4.69) is 25.4 Å². The second-order valence-electron chi connectivity index (χ2n) is 3.34. The third-order valence-corrected chi connectivity index (χ3v) is 1.95. The topological polar surface area (TPSA) is 101 Å². The van der Waals surface area contributed by atoms with Gasteiger partial charge in [-0.3, -0.25) is 9.59 Å². The van der Waals surface area contributed by atoms with Crippen LogP contribution in [0, 0.1) is 0 Å². The van der Waals surface area contributed by atoms with Crippen LogP contribution in [0.1, 0.15) is 24.5 Å². The van der Waals surface area contributed by atoms with Crippen LogP contribution in [0.5, 0.6) is 0 Å². The molecule has 0 saturated carbocycles. The molecule has 0 bridgehead atoms. The van der Waals surface area contributed by atoms with E-state index in [4.69, 9.17) is 0 Å². The molecule has 0 fully saturated rings. The molecule has 0 radical (unpaired) electrons. The van der Waals surface area contributed by atoms with Crippen molar-refractivity contribution in [3.05, 3.63) is 5.82 Å².